The molecule has 0 radical (unpaired) electrons. The Morgan fingerprint density at radius 3 is 2.48 bits per heavy atom. The fraction of sp³-hybridized carbons (Fsp3) is 0.133. The summed E-state index contributed by atoms with van der Waals surface area (Å²) in [5, 5.41) is 2.98. The van der Waals surface area contributed by atoms with E-state index in [9.17, 15) is 18.0 Å². The molecule has 0 saturated heterocycles. The first-order valence-electron chi connectivity index (χ1n) is 6.02. The minimum atomic E-state index is -4.48. The lowest BCUT2D eigenvalue weighted by Gasteiger charge is -2.10. The minimum Gasteiger partial charge on any atom is -0.322 e. The summed E-state index contributed by atoms with van der Waals surface area (Å²) in [5.41, 5.74) is 0.334. The summed E-state index contributed by atoms with van der Waals surface area (Å²) in [6.45, 7) is 1.81. The van der Waals surface area contributed by atoms with Crippen molar-refractivity contribution >= 4 is 23.2 Å². The average Bonchev–Trinajstić information content (AvgIpc) is 2.42. The van der Waals surface area contributed by atoms with Gasteiger partial charge in [0, 0.05) is 16.3 Å². The molecule has 1 N–H and O–H groups in total. The van der Waals surface area contributed by atoms with Crippen molar-refractivity contribution < 1.29 is 18.0 Å². The largest absolute Gasteiger partial charge is 0.416 e. The van der Waals surface area contributed by atoms with Crippen LogP contribution in [0, 0.1) is 6.92 Å². The lowest BCUT2D eigenvalue weighted by atomic mass is 10.1. The Kier molecular flexibility index (Phi) is 4.23. The van der Waals surface area contributed by atoms with Gasteiger partial charge in [0.1, 0.15) is 0 Å². The summed E-state index contributed by atoms with van der Waals surface area (Å²) in [7, 11) is 0. The molecule has 0 bridgehead atoms. The lowest BCUT2D eigenvalue weighted by molar-refractivity contribution is -0.137. The number of alkyl halides is 3. The van der Waals surface area contributed by atoms with Crippen LogP contribution in [0.2, 0.25) is 5.02 Å². The van der Waals surface area contributed by atoms with Crippen LogP contribution in [0.4, 0.5) is 18.9 Å². The van der Waals surface area contributed by atoms with Gasteiger partial charge in [-0.3, -0.25) is 4.79 Å². The molecule has 1 amide bonds. The maximum absolute atomic E-state index is 12.6. The van der Waals surface area contributed by atoms with E-state index in [0.29, 0.717) is 10.7 Å². The van der Waals surface area contributed by atoms with Gasteiger partial charge in [0.25, 0.3) is 5.91 Å². The highest BCUT2D eigenvalue weighted by Gasteiger charge is 2.30. The van der Waals surface area contributed by atoms with Crippen LogP contribution in [0.5, 0.6) is 0 Å². The molecule has 0 unspecified atom stereocenters. The molecule has 6 heteroatoms. The number of halogens is 4. The Morgan fingerprint density at radius 1 is 1.14 bits per heavy atom. The highest BCUT2D eigenvalue weighted by atomic mass is 35.5. The van der Waals surface area contributed by atoms with Crippen molar-refractivity contribution in [1.82, 2.24) is 0 Å². The van der Waals surface area contributed by atoms with Gasteiger partial charge in [-0.25, -0.2) is 0 Å². The Bertz CT molecular complexity index is 683. The number of carbonyl (C=O) groups is 1. The smallest absolute Gasteiger partial charge is 0.322 e. The van der Waals surface area contributed by atoms with Gasteiger partial charge in [-0.1, -0.05) is 23.7 Å². The number of benzene rings is 2. The third-order valence-electron chi connectivity index (χ3n) is 2.88. The van der Waals surface area contributed by atoms with Crippen molar-refractivity contribution in [3.63, 3.8) is 0 Å². The van der Waals surface area contributed by atoms with E-state index in [4.69, 9.17) is 11.6 Å². The van der Waals surface area contributed by atoms with Crippen LogP contribution < -0.4 is 5.32 Å². The number of hydrogen-bond donors (Lipinski definition) is 1. The highest BCUT2D eigenvalue weighted by Crippen LogP contribution is 2.29. The second kappa shape index (κ2) is 5.77. The first-order valence-corrected chi connectivity index (χ1v) is 6.40. The average molecular weight is 314 g/mol. The zero-order valence-corrected chi connectivity index (χ0v) is 11.7. The minimum absolute atomic E-state index is 0.0680. The fourth-order valence-corrected chi connectivity index (χ4v) is 1.89. The van der Waals surface area contributed by atoms with E-state index in [-0.39, 0.29) is 5.56 Å². The van der Waals surface area contributed by atoms with Crippen LogP contribution in [-0.4, -0.2) is 5.91 Å². The monoisotopic (exact) mass is 313 g/mol. The molecular weight excluding hydrogens is 303 g/mol. The van der Waals surface area contributed by atoms with Gasteiger partial charge in [-0.15, -0.1) is 0 Å². The van der Waals surface area contributed by atoms with Gasteiger partial charge in [0.2, 0.25) is 0 Å². The van der Waals surface area contributed by atoms with Crippen LogP contribution in [0.25, 0.3) is 0 Å². The van der Waals surface area contributed by atoms with Crippen LogP contribution >= 0.6 is 11.6 Å². The summed E-state index contributed by atoms with van der Waals surface area (Å²) >= 11 is 5.93. The van der Waals surface area contributed by atoms with Crippen molar-refractivity contribution in [2.75, 3.05) is 5.32 Å². The van der Waals surface area contributed by atoms with E-state index in [1.807, 2.05) is 0 Å². The molecule has 0 aliphatic rings. The normalized spacial score (nSPS) is 11.3. The first-order chi connectivity index (χ1) is 9.77. The van der Waals surface area contributed by atoms with E-state index in [1.165, 1.54) is 12.1 Å². The second-order valence-electron chi connectivity index (χ2n) is 4.50. The molecule has 2 nitrogen and oxygen atoms in total. The van der Waals surface area contributed by atoms with Gasteiger partial charge in [0.15, 0.2) is 0 Å². The zero-order valence-electron chi connectivity index (χ0n) is 11.0. The Morgan fingerprint density at radius 2 is 1.86 bits per heavy atom. The van der Waals surface area contributed by atoms with Crippen molar-refractivity contribution in [3.8, 4) is 0 Å². The van der Waals surface area contributed by atoms with Gasteiger partial charge >= 0.3 is 6.18 Å². The molecule has 110 valence electrons. The number of carbonyl (C=O) groups excluding carboxylic acids is 1. The van der Waals surface area contributed by atoms with Crippen LogP contribution in [0.15, 0.2) is 42.5 Å². The topological polar surface area (TPSA) is 29.1 Å². The van der Waals surface area contributed by atoms with Crippen molar-refractivity contribution in [2.24, 2.45) is 0 Å². The van der Waals surface area contributed by atoms with Crippen molar-refractivity contribution in [3.05, 3.63) is 64.2 Å². The maximum Gasteiger partial charge on any atom is 0.416 e. The molecular formula is C15H11ClF3NO. The van der Waals surface area contributed by atoms with Crippen molar-refractivity contribution in [2.45, 2.75) is 13.1 Å². The molecule has 0 aliphatic carbocycles. The summed E-state index contributed by atoms with van der Waals surface area (Å²) in [6.07, 6.45) is -4.48. The molecule has 21 heavy (non-hydrogen) atoms. The Hall–Kier alpha value is -2.01. The third-order valence-corrected chi connectivity index (χ3v) is 3.29. The standard InChI is InChI=1S/C15H11ClF3NO/c1-9-5-6-12(8-13(9)16)20-14(21)10-3-2-4-11(7-10)15(17,18)19/h2-8H,1H3,(H,20,21). The molecule has 2 aromatic carbocycles. The van der Waals surface area contributed by atoms with Gasteiger partial charge in [0.05, 0.1) is 5.56 Å². The van der Waals surface area contributed by atoms with Gasteiger partial charge in [-0.2, -0.15) is 13.2 Å². The van der Waals surface area contributed by atoms with Gasteiger partial charge in [-0.05, 0) is 42.8 Å². The van der Waals surface area contributed by atoms with E-state index in [0.717, 1.165) is 17.7 Å². The number of rotatable bonds is 2. The SMILES string of the molecule is Cc1ccc(NC(=O)c2cccc(C(F)(F)F)c2)cc1Cl. The quantitative estimate of drug-likeness (QED) is 0.837. The molecule has 0 fully saturated rings. The number of anilines is 1. The zero-order chi connectivity index (χ0) is 15.6. The highest BCUT2D eigenvalue weighted by molar-refractivity contribution is 6.31. The molecule has 0 atom stereocenters. The first kappa shape index (κ1) is 15.4. The second-order valence-corrected chi connectivity index (χ2v) is 4.90. The van der Waals surface area contributed by atoms with Crippen LogP contribution in [0.1, 0.15) is 21.5 Å². The molecule has 0 saturated carbocycles. The summed E-state index contributed by atoms with van der Waals surface area (Å²) < 4.78 is 37.8. The lowest BCUT2D eigenvalue weighted by Crippen LogP contribution is -2.14. The maximum atomic E-state index is 12.6. The van der Waals surface area contributed by atoms with Crippen LogP contribution in [-0.2, 0) is 6.18 Å². The number of hydrogen-bond acceptors (Lipinski definition) is 1. The summed E-state index contributed by atoms with van der Waals surface area (Å²) in [5.74, 6) is -0.624. The van der Waals surface area contributed by atoms with E-state index in [1.54, 1.807) is 25.1 Å². The molecule has 0 spiro atoms. The summed E-state index contributed by atoms with van der Waals surface area (Å²) in [6, 6.07) is 9.13. The number of nitrogens with one attached hydrogen (secondary N) is 1. The molecule has 2 rings (SSSR count). The molecule has 2 aromatic rings. The predicted octanol–water partition coefficient (Wildman–Crippen LogP) is 4.92. The Balaban J connectivity index is 2.22. The van der Waals surface area contributed by atoms with E-state index >= 15 is 0 Å². The van der Waals surface area contributed by atoms with Gasteiger partial charge < -0.3 is 5.32 Å². The predicted molar refractivity (Wildman–Crippen MR) is 75.6 cm³/mol. The molecule has 0 heterocycles. The van der Waals surface area contributed by atoms with Crippen molar-refractivity contribution in [1.29, 1.82) is 0 Å². The fourth-order valence-electron chi connectivity index (χ4n) is 1.71. The Labute approximate surface area is 124 Å². The van der Waals surface area contributed by atoms with Crippen LogP contribution in [0.3, 0.4) is 0 Å². The number of aryl methyl sites for hydroxylation is 1. The molecule has 0 aromatic heterocycles. The van der Waals surface area contributed by atoms with E-state index < -0.39 is 17.6 Å². The summed E-state index contributed by atoms with van der Waals surface area (Å²) in [4.78, 5) is 12.0. The third kappa shape index (κ3) is 3.76. The van der Waals surface area contributed by atoms with E-state index in [2.05, 4.69) is 5.32 Å². The molecule has 0 aliphatic heterocycles. The number of amides is 1.